The molecule has 0 radical (unpaired) electrons. The quantitative estimate of drug-likeness (QED) is 0.369. The molecule has 0 spiro atoms. The van der Waals surface area contributed by atoms with Gasteiger partial charge in [-0.25, -0.2) is 4.79 Å². The number of benzene rings is 3. The second kappa shape index (κ2) is 9.25. The number of hydrogen-bond donors (Lipinski definition) is 1. The predicted octanol–water partition coefficient (Wildman–Crippen LogP) is 4.42. The zero-order valence-electron chi connectivity index (χ0n) is 20.2. The molecule has 3 aromatic carbocycles. The van der Waals surface area contributed by atoms with Crippen LogP contribution in [0.4, 0.5) is 0 Å². The topological polar surface area (TPSA) is 100 Å². The highest BCUT2D eigenvalue weighted by molar-refractivity contribution is 7.00. The number of aliphatic hydroxyl groups is 1. The van der Waals surface area contributed by atoms with Gasteiger partial charge in [0.05, 0.1) is 38.6 Å². The summed E-state index contributed by atoms with van der Waals surface area (Å²) < 4.78 is 30.7. The van der Waals surface area contributed by atoms with E-state index in [-0.39, 0.29) is 17.6 Å². The number of esters is 1. The Balaban J connectivity index is 1.73. The lowest BCUT2D eigenvalue weighted by Crippen LogP contribution is -2.30. The Morgan fingerprint density at radius 3 is 2.22 bits per heavy atom. The molecule has 1 N–H and O–H groups in total. The molecule has 0 bridgehead atoms. The summed E-state index contributed by atoms with van der Waals surface area (Å²) in [6, 6.07) is 16.4. The van der Waals surface area contributed by atoms with Crippen molar-refractivity contribution in [1.82, 2.24) is 8.75 Å². The van der Waals surface area contributed by atoms with Crippen LogP contribution < -0.4 is 14.2 Å². The molecule has 0 saturated heterocycles. The molecule has 4 aromatic rings. The van der Waals surface area contributed by atoms with E-state index in [4.69, 9.17) is 18.9 Å². The first-order valence-electron chi connectivity index (χ1n) is 11.2. The fourth-order valence-electron chi connectivity index (χ4n) is 4.40. The molecule has 1 unspecified atom stereocenters. The number of aryl methyl sites for hydroxylation is 1. The number of methoxy groups -OCH3 is 3. The van der Waals surface area contributed by atoms with Crippen molar-refractivity contribution in [1.29, 1.82) is 0 Å². The Labute approximate surface area is 212 Å². The first-order valence-corrected chi connectivity index (χ1v) is 11.9. The standard InChI is InChI=1S/C27H24N2O6S/c1-15-5-7-16(8-6-15)11-19-24(17-9-10-20-21(12-17)29-36-28-20)26(30)35-27(19,31)18-13-22(32-2)25(34-4)23(14-18)33-3/h5-10,12-14,31H,11H2,1-4H3. The molecule has 1 aromatic heterocycles. The van der Waals surface area contributed by atoms with Crippen LogP contribution in [0.5, 0.6) is 17.2 Å². The van der Waals surface area contributed by atoms with Gasteiger partial charge in [-0.15, -0.1) is 0 Å². The van der Waals surface area contributed by atoms with Crippen molar-refractivity contribution in [3.8, 4) is 17.2 Å². The van der Waals surface area contributed by atoms with Crippen molar-refractivity contribution in [3.63, 3.8) is 0 Å². The second-order valence-corrected chi connectivity index (χ2v) is 8.96. The van der Waals surface area contributed by atoms with Crippen molar-refractivity contribution in [2.75, 3.05) is 21.3 Å². The summed E-state index contributed by atoms with van der Waals surface area (Å²) in [7, 11) is 4.46. The number of cyclic esters (lactones) is 1. The number of carbonyl (C=O) groups is 1. The van der Waals surface area contributed by atoms with Crippen molar-refractivity contribution in [2.45, 2.75) is 19.1 Å². The number of rotatable bonds is 7. The van der Waals surface area contributed by atoms with E-state index in [0.29, 0.717) is 33.9 Å². The van der Waals surface area contributed by atoms with Gasteiger partial charge in [0.25, 0.3) is 5.79 Å². The van der Waals surface area contributed by atoms with E-state index in [0.717, 1.165) is 28.4 Å². The predicted molar refractivity (Wildman–Crippen MR) is 135 cm³/mol. The molecule has 1 aliphatic rings. The summed E-state index contributed by atoms with van der Waals surface area (Å²) in [5.74, 6) is -1.69. The average molecular weight is 505 g/mol. The molecule has 36 heavy (non-hydrogen) atoms. The first kappa shape index (κ1) is 23.8. The largest absolute Gasteiger partial charge is 0.493 e. The number of carbonyl (C=O) groups excluding carboxylic acids is 1. The first-order chi connectivity index (χ1) is 17.4. The number of fused-ring (bicyclic) bond motifs is 1. The Hall–Kier alpha value is -3.95. The molecule has 0 amide bonds. The van der Waals surface area contributed by atoms with Crippen molar-refractivity contribution in [3.05, 3.63) is 82.4 Å². The van der Waals surface area contributed by atoms with E-state index in [9.17, 15) is 9.90 Å². The molecule has 0 aliphatic carbocycles. The molecule has 0 saturated carbocycles. The minimum Gasteiger partial charge on any atom is -0.493 e. The van der Waals surface area contributed by atoms with Crippen LogP contribution in [0.15, 0.2) is 60.2 Å². The highest BCUT2D eigenvalue weighted by atomic mass is 32.1. The molecule has 5 rings (SSSR count). The van der Waals surface area contributed by atoms with Crippen LogP contribution in [0, 0.1) is 6.92 Å². The van der Waals surface area contributed by atoms with Crippen LogP contribution in [0.25, 0.3) is 16.6 Å². The molecule has 8 nitrogen and oxygen atoms in total. The van der Waals surface area contributed by atoms with Gasteiger partial charge in [0, 0.05) is 17.6 Å². The van der Waals surface area contributed by atoms with E-state index in [2.05, 4.69) is 8.75 Å². The molecular weight excluding hydrogens is 480 g/mol. The van der Waals surface area contributed by atoms with Crippen molar-refractivity contribution < 1.29 is 28.8 Å². The molecule has 0 fully saturated rings. The van der Waals surface area contributed by atoms with Gasteiger partial charge >= 0.3 is 5.97 Å². The Morgan fingerprint density at radius 1 is 0.917 bits per heavy atom. The smallest absolute Gasteiger partial charge is 0.342 e. The minimum absolute atomic E-state index is 0.266. The fourth-order valence-corrected chi connectivity index (χ4v) is 4.91. The maximum atomic E-state index is 13.4. The molecule has 1 aliphatic heterocycles. The summed E-state index contributed by atoms with van der Waals surface area (Å²) in [5.41, 5.74) is 4.95. The lowest BCUT2D eigenvalue weighted by Gasteiger charge is -2.27. The van der Waals surface area contributed by atoms with Crippen LogP contribution in [0.2, 0.25) is 0 Å². The van der Waals surface area contributed by atoms with Gasteiger partial charge in [-0.05, 0) is 42.3 Å². The second-order valence-electron chi connectivity index (χ2n) is 8.43. The molecular formula is C27H24N2O6S. The normalized spacial score (nSPS) is 17.4. The van der Waals surface area contributed by atoms with Crippen molar-refractivity contribution in [2.24, 2.45) is 0 Å². The molecule has 184 valence electrons. The van der Waals surface area contributed by atoms with Gasteiger partial charge < -0.3 is 24.1 Å². The zero-order valence-corrected chi connectivity index (χ0v) is 21.0. The third kappa shape index (κ3) is 3.96. The van der Waals surface area contributed by atoms with E-state index in [1.54, 1.807) is 30.3 Å². The number of nitrogens with zero attached hydrogens (tertiary/aromatic N) is 2. The average Bonchev–Trinajstić information content (AvgIpc) is 3.45. The number of ether oxygens (including phenoxy) is 4. The highest BCUT2D eigenvalue weighted by Crippen LogP contribution is 2.48. The van der Waals surface area contributed by atoms with E-state index < -0.39 is 11.8 Å². The number of hydrogen-bond acceptors (Lipinski definition) is 9. The summed E-state index contributed by atoms with van der Waals surface area (Å²) in [6.45, 7) is 2.00. The fraction of sp³-hybridized carbons (Fsp3) is 0.222. The summed E-state index contributed by atoms with van der Waals surface area (Å²) in [6.07, 6.45) is 0.266. The highest BCUT2D eigenvalue weighted by Gasteiger charge is 2.49. The van der Waals surface area contributed by atoms with E-state index >= 15 is 0 Å². The molecule has 9 heteroatoms. The SMILES string of the molecule is COc1cc(C2(O)OC(=O)C(c3ccc4nsnc4c3)=C2Cc2ccc(C)cc2)cc(OC)c1OC. The Morgan fingerprint density at radius 2 is 1.58 bits per heavy atom. The van der Waals surface area contributed by atoms with Gasteiger partial charge in [-0.1, -0.05) is 35.9 Å². The maximum absolute atomic E-state index is 13.4. The lowest BCUT2D eigenvalue weighted by atomic mass is 9.87. The summed E-state index contributed by atoms with van der Waals surface area (Å²) in [5, 5.41) is 12.0. The lowest BCUT2D eigenvalue weighted by molar-refractivity contribution is -0.185. The Kier molecular flexibility index (Phi) is 6.11. The third-order valence-electron chi connectivity index (χ3n) is 6.26. The monoisotopic (exact) mass is 504 g/mol. The van der Waals surface area contributed by atoms with Gasteiger partial charge in [-0.2, -0.15) is 8.75 Å². The zero-order chi connectivity index (χ0) is 25.4. The van der Waals surface area contributed by atoms with E-state index in [1.807, 2.05) is 31.2 Å². The molecule has 2 heterocycles. The van der Waals surface area contributed by atoms with Gasteiger partial charge in [0.2, 0.25) is 5.75 Å². The van der Waals surface area contributed by atoms with Gasteiger partial charge in [-0.3, -0.25) is 0 Å². The third-order valence-corrected chi connectivity index (χ3v) is 6.81. The Bertz CT molecular complexity index is 1470. The summed E-state index contributed by atoms with van der Waals surface area (Å²) >= 11 is 1.10. The minimum atomic E-state index is -2.07. The van der Waals surface area contributed by atoms with Gasteiger partial charge in [0.15, 0.2) is 11.5 Å². The van der Waals surface area contributed by atoms with Crippen LogP contribution >= 0.6 is 11.7 Å². The van der Waals surface area contributed by atoms with E-state index in [1.165, 1.54) is 21.3 Å². The van der Waals surface area contributed by atoms with Gasteiger partial charge in [0.1, 0.15) is 11.0 Å². The maximum Gasteiger partial charge on any atom is 0.342 e. The van der Waals surface area contributed by atoms with Crippen LogP contribution in [-0.2, 0) is 21.7 Å². The van der Waals surface area contributed by atoms with Crippen LogP contribution in [-0.4, -0.2) is 41.2 Å². The van der Waals surface area contributed by atoms with Crippen LogP contribution in [0.3, 0.4) is 0 Å². The number of aromatic nitrogens is 2. The van der Waals surface area contributed by atoms with Crippen molar-refractivity contribution >= 4 is 34.3 Å². The van der Waals surface area contributed by atoms with Crippen LogP contribution in [0.1, 0.15) is 22.3 Å². The summed E-state index contributed by atoms with van der Waals surface area (Å²) in [4.78, 5) is 13.4. The molecule has 1 atom stereocenters.